The summed E-state index contributed by atoms with van der Waals surface area (Å²) in [7, 11) is 1.44. The Kier molecular flexibility index (Phi) is 5.35. The molecule has 9 nitrogen and oxygen atoms in total. The quantitative estimate of drug-likeness (QED) is 0.692. The molecular formula is C18H18ClF2N5O4. The van der Waals surface area contributed by atoms with Crippen LogP contribution in [0.2, 0.25) is 5.02 Å². The molecule has 0 aliphatic carbocycles. The highest BCUT2D eigenvalue weighted by Crippen LogP contribution is 2.28. The summed E-state index contributed by atoms with van der Waals surface area (Å²) in [5.74, 6) is -2.44. The Balaban J connectivity index is 1.58. The third-order valence-electron chi connectivity index (χ3n) is 5.04. The third kappa shape index (κ3) is 3.48. The van der Waals surface area contributed by atoms with Crippen LogP contribution in [0.15, 0.2) is 12.1 Å². The van der Waals surface area contributed by atoms with Gasteiger partial charge in [-0.15, -0.1) is 0 Å². The van der Waals surface area contributed by atoms with Crippen LogP contribution < -0.4 is 5.32 Å². The second kappa shape index (κ2) is 7.82. The van der Waals surface area contributed by atoms with Crippen LogP contribution in [-0.2, 0) is 24.3 Å². The number of aromatic nitrogens is 2. The van der Waals surface area contributed by atoms with E-state index >= 15 is 0 Å². The zero-order chi connectivity index (χ0) is 21.6. The first kappa shape index (κ1) is 20.5. The summed E-state index contributed by atoms with van der Waals surface area (Å²) >= 11 is 5.55. The van der Waals surface area contributed by atoms with Gasteiger partial charge in [0.05, 0.1) is 31.1 Å². The van der Waals surface area contributed by atoms with Crippen LogP contribution in [0.25, 0.3) is 0 Å². The van der Waals surface area contributed by atoms with Crippen molar-refractivity contribution < 1.29 is 28.3 Å². The fourth-order valence-corrected chi connectivity index (χ4v) is 3.69. The molecule has 3 amide bonds. The molecule has 1 unspecified atom stereocenters. The number of aliphatic hydroxyl groups excluding tert-OH is 1. The molecule has 0 fully saturated rings. The molecule has 160 valence electrons. The van der Waals surface area contributed by atoms with Crippen molar-refractivity contribution in [1.82, 2.24) is 19.7 Å². The maximum Gasteiger partial charge on any atom is 0.322 e. The molecule has 0 bridgehead atoms. The molecular weight excluding hydrogens is 424 g/mol. The van der Waals surface area contributed by atoms with E-state index < -0.39 is 34.7 Å². The van der Waals surface area contributed by atoms with Crippen LogP contribution in [-0.4, -0.2) is 63.1 Å². The summed E-state index contributed by atoms with van der Waals surface area (Å²) in [6.07, 6.45) is -0.246. The Morgan fingerprint density at radius 1 is 1.43 bits per heavy atom. The molecule has 2 aliphatic rings. The largest absolute Gasteiger partial charge is 0.393 e. The fraction of sp³-hybridized carbons (Fsp3) is 0.389. The van der Waals surface area contributed by atoms with Crippen LogP contribution in [0.3, 0.4) is 0 Å². The molecule has 1 atom stereocenters. The highest BCUT2D eigenvalue weighted by molar-refractivity contribution is 6.31. The number of halogens is 3. The average molecular weight is 442 g/mol. The van der Waals surface area contributed by atoms with Gasteiger partial charge >= 0.3 is 6.03 Å². The molecule has 0 saturated carbocycles. The maximum absolute atomic E-state index is 14.1. The van der Waals surface area contributed by atoms with E-state index in [-0.39, 0.29) is 37.6 Å². The summed E-state index contributed by atoms with van der Waals surface area (Å²) in [5, 5.41) is 16.6. The van der Waals surface area contributed by atoms with Crippen molar-refractivity contribution in [2.45, 2.75) is 25.6 Å². The first-order valence-electron chi connectivity index (χ1n) is 9.13. The molecule has 4 rings (SSSR count). The average Bonchev–Trinajstić information content (AvgIpc) is 3.04. The maximum atomic E-state index is 14.1. The van der Waals surface area contributed by atoms with Crippen molar-refractivity contribution in [2.24, 2.45) is 0 Å². The lowest BCUT2D eigenvalue weighted by atomic mass is 10.1. The van der Waals surface area contributed by atoms with Gasteiger partial charge in [-0.25, -0.2) is 18.6 Å². The molecule has 1 aromatic carbocycles. The smallest absolute Gasteiger partial charge is 0.322 e. The summed E-state index contributed by atoms with van der Waals surface area (Å²) < 4.78 is 28.9. The number of carbonyl (C=O) groups is 2. The number of hydrogen-bond donors (Lipinski definition) is 2. The number of aliphatic hydroxyl groups is 1. The number of fused-ring (bicyclic) bond motifs is 3. The van der Waals surface area contributed by atoms with Gasteiger partial charge < -0.3 is 15.3 Å². The van der Waals surface area contributed by atoms with Gasteiger partial charge in [-0.05, 0) is 12.1 Å². The van der Waals surface area contributed by atoms with Gasteiger partial charge in [0.1, 0.15) is 22.6 Å². The predicted molar refractivity (Wildman–Crippen MR) is 101 cm³/mol. The van der Waals surface area contributed by atoms with Crippen molar-refractivity contribution in [3.05, 3.63) is 45.7 Å². The van der Waals surface area contributed by atoms with E-state index in [2.05, 4.69) is 10.4 Å². The zero-order valence-corrected chi connectivity index (χ0v) is 16.6. The fourth-order valence-electron chi connectivity index (χ4n) is 3.53. The van der Waals surface area contributed by atoms with E-state index in [9.17, 15) is 23.5 Å². The second-order valence-corrected chi connectivity index (χ2v) is 7.37. The van der Waals surface area contributed by atoms with E-state index in [1.807, 2.05) is 0 Å². The third-order valence-corrected chi connectivity index (χ3v) is 5.39. The second-order valence-electron chi connectivity index (χ2n) is 6.99. The van der Waals surface area contributed by atoms with E-state index in [0.29, 0.717) is 17.7 Å². The highest BCUT2D eigenvalue weighted by atomic mass is 35.5. The summed E-state index contributed by atoms with van der Waals surface area (Å²) in [6, 6.07) is 1.42. The number of amides is 3. The highest BCUT2D eigenvalue weighted by Gasteiger charge is 2.35. The van der Waals surface area contributed by atoms with E-state index in [0.717, 1.165) is 17.2 Å². The normalized spacial score (nSPS) is 18.7. The van der Waals surface area contributed by atoms with Crippen LogP contribution in [0, 0.1) is 11.6 Å². The Morgan fingerprint density at radius 2 is 2.20 bits per heavy atom. The molecule has 2 N–H and O–H groups in total. The van der Waals surface area contributed by atoms with Crippen LogP contribution in [0.4, 0.5) is 19.3 Å². The molecule has 2 aromatic rings. The minimum Gasteiger partial charge on any atom is -0.393 e. The summed E-state index contributed by atoms with van der Waals surface area (Å²) in [4.78, 5) is 32.2. The number of urea groups is 1. The number of hydrogen-bond acceptors (Lipinski definition) is 5. The number of benzene rings is 1. The number of nitrogens with one attached hydrogen (secondary N) is 1. The zero-order valence-electron chi connectivity index (χ0n) is 15.9. The Labute approximate surface area is 174 Å². The van der Waals surface area contributed by atoms with E-state index in [1.165, 1.54) is 16.6 Å². The van der Waals surface area contributed by atoms with Gasteiger partial charge in [-0.3, -0.25) is 14.3 Å². The lowest BCUT2D eigenvalue weighted by molar-refractivity contribution is -0.159. The van der Waals surface area contributed by atoms with Crippen molar-refractivity contribution in [3.8, 4) is 0 Å². The van der Waals surface area contributed by atoms with Crippen LogP contribution >= 0.6 is 11.6 Å². The molecule has 0 saturated heterocycles. The number of carbonyl (C=O) groups excluding carboxylic acids is 2. The molecule has 12 heteroatoms. The SMILES string of the molecule is CN1OC(CO)Cn2nc3c(c2C1=O)CN(C(=O)Nc1ccc(F)c(Cl)c1F)CC3. The molecule has 0 radical (unpaired) electrons. The number of hydroxylamine groups is 2. The van der Waals surface area contributed by atoms with Crippen molar-refractivity contribution in [3.63, 3.8) is 0 Å². The first-order valence-corrected chi connectivity index (χ1v) is 9.51. The van der Waals surface area contributed by atoms with Gasteiger partial charge in [0.2, 0.25) is 0 Å². The standard InChI is InChI=1S/C18H18ClF2N5O4/c1-24-17(28)16-10-7-25(5-4-12(10)23-26(16)6-9(8-27)30-24)18(29)22-13-3-2-11(20)14(19)15(13)21/h2-3,9,27H,4-8H2,1H3,(H,22,29). The van der Waals surface area contributed by atoms with Crippen molar-refractivity contribution >= 4 is 29.2 Å². The topological polar surface area (TPSA) is 99.9 Å². The molecule has 2 aliphatic heterocycles. The van der Waals surface area contributed by atoms with Gasteiger partial charge in [0, 0.05) is 25.6 Å². The number of nitrogens with zero attached hydrogens (tertiary/aromatic N) is 4. The number of anilines is 1. The van der Waals surface area contributed by atoms with Crippen molar-refractivity contribution in [2.75, 3.05) is 25.5 Å². The number of rotatable bonds is 2. The van der Waals surface area contributed by atoms with Crippen LogP contribution in [0.1, 0.15) is 21.7 Å². The minimum absolute atomic E-state index is 0.0659. The molecule has 30 heavy (non-hydrogen) atoms. The Bertz CT molecular complexity index is 1030. The van der Waals surface area contributed by atoms with Gasteiger partial charge in [-0.1, -0.05) is 11.6 Å². The first-order chi connectivity index (χ1) is 14.3. The van der Waals surface area contributed by atoms with Crippen molar-refractivity contribution in [1.29, 1.82) is 0 Å². The van der Waals surface area contributed by atoms with Gasteiger partial charge in [-0.2, -0.15) is 5.10 Å². The molecule has 3 heterocycles. The Hall–Kier alpha value is -2.76. The van der Waals surface area contributed by atoms with E-state index in [4.69, 9.17) is 16.4 Å². The molecule has 1 aromatic heterocycles. The monoisotopic (exact) mass is 441 g/mol. The van der Waals surface area contributed by atoms with Gasteiger partial charge in [0.25, 0.3) is 5.91 Å². The van der Waals surface area contributed by atoms with Crippen LogP contribution in [0.5, 0.6) is 0 Å². The van der Waals surface area contributed by atoms with Gasteiger partial charge in [0.15, 0.2) is 5.82 Å². The van der Waals surface area contributed by atoms with E-state index in [1.54, 1.807) is 0 Å². The summed E-state index contributed by atoms with van der Waals surface area (Å²) in [6.45, 7) is 0.245. The lowest BCUT2D eigenvalue weighted by Crippen LogP contribution is -2.40. The minimum atomic E-state index is -1.06. The Morgan fingerprint density at radius 3 is 2.93 bits per heavy atom. The lowest BCUT2D eigenvalue weighted by Gasteiger charge is -2.27. The summed E-state index contributed by atoms with van der Waals surface area (Å²) in [5.41, 5.74) is 1.26. The molecule has 0 spiro atoms. The predicted octanol–water partition coefficient (Wildman–Crippen LogP) is 1.78.